The van der Waals surface area contributed by atoms with Gasteiger partial charge >= 0.3 is 0 Å². The van der Waals surface area contributed by atoms with E-state index in [4.69, 9.17) is 14.5 Å². The average Bonchev–Trinajstić information content (AvgIpc) is 3.32. The van der Waals surface area contributed by atoms with Crippen LogP contribution in [-0.4, -0.2) is 35.7 Å². The summed E-state index contributed by atoms with van der Waals surface area (Å²) in [4.78, 5) is 17.2. The number of amides is 1. The summed E-state index contributed by atoms with van der Waals surface area (Å²) in [5.74, 6) is 2.70. The smallest absolute Gasteiger partial charge is 0.224 e. The number of hydrogen-bond donors (Lipinski definition) is 1. The Kier molecular flexibility index (Phi) is 10.8. The first-order chi connectivity index (χ1) is 19.6. The molecule has 6 nitrogen and oxygen atoms in total. The summed E-state index contributed by atoms with van der Waals surface area (Å²) in [7, 11) is 1.67. The molecule has 0 aliphatic rings. The second-order valence-electron chi connectivity index (χ2n) is 10.1. The highest BCUT2D eigenvalue weighted by atomic mass is 16.5. The van der Waals surface area contributed by atoms with Crippen molar-refractivity contribution in [1.82, 2.24) is 14.9 Å². The van der Waals surface area contributed by atoms with Gasteiger partial charge in [0.15, 0.2) is 11.5 Å². The highest BCUT2D eigenvalue weighted by Gasteiger charge is 2.11. The fourth-order valence-electron chi connectivity index (χ4n) is 4.95. The number of rotatable bonds is 16. The van der Waals surface area contributed by atoms with Gasteiger partial charge in [-0.25, -0.2) is 4.98 Å². The number of ether oxygens (including phenoxy) is 2. The number of benzene rings is 3. The van der Waals surface area contributed by atoms with Gasteiger partial charge in [-0.3, -0.25) is 4.79 Å². The summed E-state index contributed by atoms with van der Waals surface area (Å²) >= 11 is 0. The van der Waals surface area contributed by atoms with E-state index in [0.717, 1.165) is 90.1 Å². The lowest BCUT2D eigenvalue weighted by molar-refractivity contribution is -0.120. The molecule has 0 fully saturated rings. The number of methoxy groups -OCH3 is 1. The molecule has 4 aromatic rings. The zero-order valence-electron chi connectivity index (χ0n) is 23.8. The minimum absolute atomic E-state index is 0.0867. The van der Waals surface area contributed by atoms with Crippen molar-refractivity contribution in [2.45, 2.75) is 58.4 Å². The van der Waals surface area contributed by atoms with Crippen LogP contribution in [0, 0.1) is 6.92 Å². The van der Waals surface area contributed by atoms with Gasteiger partial charge in [-0.2, -0.15) is 0 Å². The first kappa shape index (κ1) is 28.9. The molecule has 0 unspecified atom stereocenters. The molecule has 0 radical (unpaired) electrons. The normalized spacial score (nSPS) is 10.9. The Morgan fingerprint density at radius 2 is 1.82 bits per heavy atom. The van der Waals surface area contributed by atoms with Crippen molar-refractivity contribution in [1.29, 1.82) is 0 Å². The number of nitrogens with zero attached hydrogens (tertiary/aromatic N) is 2. The molecule has 0 saturated carbocycles. The monoisotopic (exact) mass is 539 g/mol. The van der Waals surface area contributed by atoms with E-state index in [1.807, 2.05) is 55.5 Å². The number of hydrogen-bond acceptors (Lipinski definition) is 4. The van der Waals surface area contributed by atoms with Crippen molar-refractivity contribution in [2.24, 2.45) is 0 Å². The highest BCUT2D eigenvalue weighted by Crippen LogP contribution is 2.28. The Morgan fingerprint density at radius 3 is 2.65 bits per heavy atom. The van der Waals surface area contributed by atoms with Crippen LogP contribution in [0.3, 0.4) is 0 Å². The van der Waals surface area contributed by atoms with Gasteiger partial charge in [0.2, 0.25) is 5.91 Å². The lowest BCUT2D eigenvalue weighted by atomic mass is 10.1. The summed E-state index contributed by atoms with van der Waals surface area (Å²) in [5, 5.41) is 3.07. The molecule has 0 saturated heterocycles. The summed E-state index contributed by atoms with van der Waals surface area (Å²) in [6, 6.07) is 22.4. The van der Waals surface area contributed by atoms with Gasteiger partial charge in [0, 0.05) is 19.5 Å². The quantitative estimate of drug-likeness (QED) is 0.128. The number of aromatic nitrogens is 2. The first-order valence-corrected chi connectivity index (χ1v) is 14.2. The maximum absolute atomic E-state index is 12.3. The van der Waals surface area contributed by atoms with Crippen LogP contribution in [0.4, 0.5) is 0 Å². The van der Waals surface area contributed by atoms with Crippen LogP contribution in [0.2, 0.25) is 0 Å². The van der Waals surface area contributed by atoms with Crippen molar-refractivity contribution in [3.05, 3.63) is 102 Å². The van der Waals surface area contributed by atoms with Crippen molar-refractivity contribution in [3.63, 3.8) is 0 Å². The zero-order valence-corrected chi connectivity index (χ0v) is 23.8. The summed E-state index contributed by atoms with van der Waals surface area (Å²) < 4.78 is 13.9. The minimum Gasteiger partial charge on any atom is -0.493 e. The Bertz CT molecular complexity index is 1410. The van der Waals surface area contributed by atoms with Gasteiger partial charge in [0.1, 0.15) is 5.82 Å². The molecule has 0 spiro atoms. The largest absolute Gasteiger partial charge is 0.493 e. The van der Waals surface area contributed by atoms with Crippen molar-refractivity contribution in [3.8, 4) is 11.5 Å². The molecule has 1 heterocycles. The molecule has 1 aromatic heterocycles. The topological polar surface area (TPSA) is 65.4 Å². The Labute approximate surface area is 238 Å². The number of aryl methyl sites for hydroxylation is 3. The van der Waals surface area contributed by atoms with Crippen molar-refractivity contribution in [2.75, 3.05) is 20.3 Å². The molecule has 0 aliphatic heterocycles. The molecule has 0 aliphatic carbocycles. The predicted octanol–water partition coefficient (Wildman–Crippen LogP) is 6.62. The van der Waals surface area contributed by atoms with Gasteiger partial charge in [0.25, 0.3) is 0 Å². The van der Waals surface area contributed by atoms with Crippen LogP contribution < -0.4 is 14.8 Å². The molecule has 3 aromatic carbocycles. The predicted molar refractivity (Wildman–Crippen MR) is 162 cm³/mol. The average molecular weight is 540 g/mol. The molecular weight excluding hydrogens is 498 g/mol. The van der Waals surface area contributed by atoms with Crippen LogP contribution in [0.15, 0.2) is 79.4 Å². The van der Waals surface area contributed by atoms with E-state index in [2.05, 4.69) is 40.7 Å². The van der Waals surface area contributed by atoms with Crippen LogP contribution in [0.5, 0.6) is 11.5 Å². The third-order valence-corrected chi connectivity index (χ3v) is 7.14. The summed E-state index contributed by atoms with van der Waals surface area (Å²) in [6.45, 7) is 7.98. The molecule has 0 atom stereocenters. The lowest BCUT2D eigenvalue weighted by Crippen LogP contribution is -2.26. The van der Waals surface area contributed by atoms with Crippen molar-refractivity contribution >= 4 is 16.9 Å². The minimum atomic E-state index is 0.0867. The molecule has 40 heavy (non-hydrogen) atoms. The zero-order chi connectivity index (χ0) is 28.2. The molecule has 1 amide bonds. The first-order valence-electron chi connectivity index (χ1n) is 14.2. The number of carbonyl (C=O) groups is 1. The molecule has 4 rings (SSSR count). The number of unbranched alkanes of at least 4 members (excludes halogenated alkanes) is 2. The van der Waals surface area contributed by atoms with Gasteiger partial charge < -0.3 is 19.4 Å². The Morgan fingerprint density at radius 1 is 1.00 bits per heavy atom. The van der Waals surface area contributed by atoms with Crippen molar-refractivity contribution < 1.29 is 14.3 Å². The van der Waals surface area contributed by atoms with E-state index in [9.17, 15) is 4.79 Å². The second-order valence-corrected chi connectivity index (χ2v) is 10.1. The van der Waals surface area contributed by atoms with Crippen LogP contribution in [0.25, 0.3) is 11.0 Å². The number of para-hydroxylation sites is 2. The van der Waals surface area contributed by atoms with E-state index in [-0.39, 0.29) is 5.91 Å². The number of carbonyl (C=O) groups excluding carboxylic acids is 1. The van der Waals surface area contributed by atoms with E-state index in [0.29, 0.717) is 19.6 Å². The number of nitrogens with one attached hydrogen (secondary N) is 1. The maximum atomic E-state index is 12.3. The highest BCUT2D eigenvalue weighted by molar-refractivity contribution is 5.78. The maximum Gasteiger partial charge on any atom is 0.224 e. The summed E-state index contributed by atoms with van der Waals surface area (Å²) in [6.07, 6.45) is 7.92. The standard InChI is InChI=1S/C34H41N3O3/c1-4-13-27-19-20-31(32(24-27)39-3)40-23-12-22-37-30-17-10-9-16-29(30)36-33(37)18-6-5-11-21-35-34(38)25-28-15-8-7-14-26(28)2/h4,7-10,14-17,19-20,24H,1,5-6,11-13,18,21-23,25H2,2-3H3,(H,35,38). The molecular formula is C34H41N3O3. The molecule has 210 valence electrons. The van der Waals surface area contributed by atoms with Gasteiger partial charge in [-0.15, -0.1) is 6.58 Å². The van der Waals surface area contributed by atoms with Gasteiger partial charge in [0.05, 0.1) is 31.2 Å². The SMILES string of the molecule is C=CCc1ccc(OCCCn2c(CCCCCNC(=O)Cc3ccccc3C)nc3ccccc32)c(OC)c1. The van der Waals surface area contributed by atoms with Crippen LogP contribution >= 0.6 is 0 Å². The molecule has 6 heteroatoms. The third-order valence-electron chi connectivity index (χ3n) is 7.14. The number of allylic oxidation sites excluding steroid dienone is 1. The Balaban J connectivity index is 1.24. The molecule has 1 N–H and O–H groups in total. The number of imidazole rings is 1. The van der Waals surface area contributed by atoms with E-state index in [1.54, 1.807) is 7.11 Å². The summed E-state index contributed by atoms with van der Waals surface area (Å²) in [5.41, 5.74) is 5.58. The Hall–Kier alpha value is -4.06. The van der Waals surface area contributed by atoms with E-state index < -0.39 is 0 Å². The van der Waals surface area contributed by atoms with Crippen LogP contribution in [-0.2, 0) is 30.6 Å². The number of fused-ring (bicyclic) bond motifs is 1. The second kappa shape index (κ2) is 14.9. The van der Waals surface area contributed by atoms with Gasteiger partial charge in [-0.1, -0.05) is 55.0 Å². The van der Waals surface area contributed by atoms with E-state index in [1.165, 1.54) is 0 Å². The van der Waals surface area contributed by atoms with Crippen LogP contribution in [0.1, 0.15) is 48.2 Å². The fraction of sp³-hybridized carbons (Fsp3) is 0.353. The molecule has 0 bridgehead atoms. The fourth-order valence-corrected chi connectivity index (χ4v) is 4.95. The lowest BCUT2D eigenvalue weighted by Gasteiger charge is -2.13. The third kappa shape index (κ3) is 7.98. The van der Waals surface area contributed by atoms with Gasteiger partial charge in [-0.05, 0) is 73.6 Å². The van der Waals surface area contributed by atoms with E-state index >= 15 is 0 Å².